The highest BCUT2D eigenvalue weighted by atomic mass is 31.2. The molecule has 1 saturated carbocycles. The molecule has 10 nitrogen and oxygen atoms in total. The molecule has 3 heterocycles. The van der Waals surface area contributed by atoms with Crippen LogP contribution >= 0.6 is 7.60 Å². The van der Waals surface area contributed by atoms with Crippen LogP contribution in [-0.4, -0.2) is 47.6 Å². The molecule has 1 aliphatic heterocycles. The van der Waals surface area contributed by atoms with Gasteiger partial charge < -0.3 is 30.1 Å². The smallest absolute Gasteiger partial charge is 0.354 e. The maximum atomic E-state index is 14.0. The van der Waals surface area contributed by atoms with Crippen LogP contribution in [0.15, 0.2) is 6.33 Å². The van der Waals surface area contributed by atoms with Crippen LogP contribution in [0.3, 0.4) is 0 Å². The predicted octanol–water partition coefficient (Wildman–Crippen LogP) is 0.819. The summed E-state index contributed by atoms with van der Waals surface area (Å²) < 4.78 is 31.7. The van der Waals surface area contributed by atoms with Gasteiger partial charge in [-0.1, -0.05) is 0 Å². The molecule has 0 bridgehead atoms. The van der Waals surface area contributed by atoms with Gasteiger partial charge in [-0.05, 0) is 19.3 Å². The molecule has 2 aliphatic rings. The summed E-state index contributed by atoms with van der Waals surface area (Å²) in [6.07, 6.45) is 1.75. The van der Waals surface area contributed by atoms with Crippen LogP contribution in [0.1, 0.15) is 19.3 Å². The van der Waals surface area contributed by atoms with Crippen LogP contribution in [0.5, 0.6) is 0 Å². The fourth-order valence-corrected chi connectivity index (χ4v) is 3.75. The highest BCUT2D eigenvalue weighted by Gasteiger charge is 2.44. The number of hydrogen-bond acceptors (Lipinski definition) is 7. The number of hydrogen-bond donors (Lipinski definition) is 4. The van der Waals surface area contributed by atoms with E-state index in [4.69, 9.17) is 20.3 Å². The molecular formula is C13H18FN6O4P. The van der Waals surface area contributed by atoms with Crippen LogP contribution in [0.25, 0.3) is 11.2 Å². The highest BCUT2D eigenvalue weighted by molar-refractivity contribution is 7.52. The second-order valence-corrected chi connectivity index (χ2v) is 8.20. The van der Waals surface area contributed by atoms with E-state index in [9.17, 15) is 8.96 Å². The van der Waals surface area contributed by atoms with Gasteiger partial charge >= 0.3 is 7.60 Å². The number of halogens is 1. The van der Waals surface area contributed by atoms with Gasteiger partial charge in [0.15, 0.2) is 22.8 Å². The third-order valence-corrected chi connectivity index (χ3v) is 5.45. The van der Waals surface area contributed by atoms with Crippen LogP contribution in [0.2, 0.25) is 0 Å². The molecule has 0 unspecified atom stereocenters. The van der Waals surface area contributed by atoms with Crippen molar-refractivity contribution in [1.82, 2.24) is 19.5 Å². The summed E-state index contributed by atoms with van der Waals surface area (Å²) in [5.41, 5.74) is 6.73. The van der Waals surface area contributed by atoms with Gasteiger partial charge in [-0.15, -0.1) is 0 Å². The molecule has 1 aliphatic carbocycles. The predicted molar refractivity (Wildman–Crippen MR) is 86.3 cm³/mol. The molecule has 4 rings (SSSR count). The zero-order chi connectivity index (χ0) is 17.8. The van der Waals surface area contributed by atoms with Gasteiger partial charge in [-0.25, -0.2) is 9.37 Å². The Morgan fingerprint density at radius 2 is 2.20 bits per heavy atom. The number of fused-ring (bicyclic) bond motifs is 1. The average Bonchev–Trinajstić information content (AvgIpc) is 3.12. The van der Waals surface area contributed by atoms with Crippen molar-refractivity contribution in [3.8, 4) is 0 Å². The van der Waals surface area contributed by atoms with E-state index in [2.05, 4.69) is 20.3 Å². The molecule has 0 spiro atoms. The monoisotopic (exact) mass is 372 g/mol. The molecule has 2 aromatic heterocycles. The topological polar surface area (TPSA) is 148 Å². The number of alkyl halides is 1. The third kappa shape index (κ3) is 3.32. The number of nitrogens with zero attached hydrogens (tertiary/aromatic N) is 4. The molecule has 136 valence electrons. The Hall–Kier alpha value is -1.81. The van der Waals surface area contributed by atoms with Crippen LogP contribution < -0.4 is 11.1 Å². The van der Waals surface area contributed by atoms with Crippen molar-refractivity contribution in [1.29, 1.82) is 0 Å². The van der Waals surface area contributed by atoms with Gasteiger partial charge in [0.05, 0.1) is 6.33 Å². The van der Waals surface area contributed by atoms with Crippen LogP contribution in [0, 0.1) is 5.92 Å². The molecule has 5 N–H and O–H groups in total. The first-order chi connectivity index (χ1) is 11.8. The fraction of sp³-hybridized carbons (Fsp3) is 0.615. The van der Waals surface area contributed by atoms with Crippen molar-refractivity contribution in [3.63, 3.8) is 0 Å². The fourth-order valence-electron chi connectivity index (χ4n) is 2.93. The van der Waals surface area contributed by atoms with Crippen LogP contribution in [0.4, 0.5) is 16.2 Å². The first-order valence-electron chi connectivity index (χ1n) is 7.91. The van der Waals surface area contributed by atoms with Crippen molar-refractivity contribution < 1.29 is 23.5 Å². The van der Waals surface area contributed by atoms with Crippen molar-refractivity contribution in [2.45, 2.75) is 44.1 Å². The quantitative estimate of drug-likeness (QED) is 0.560. The van der Waals surface area contributed by atoms with E-state index >= 15 is 0 Å². The minimum Gasteiger partial charge on any atom is -0.368 e. The second kappa shape index (κ2) is 5.87. The second-order valence-electron chi connectivity index (χ2n) is 6.44. The van der Waals surface area contributed by atoms with E-state index < -0.39 is 25.7 Å². The number of aromatic nitrogens is 4. The third-order valence-electron chi connectivity index (χ3n) is 4.37. The van der Waals surface area contributed by atoms with E-state index in [0.29, 0.717) is 23.0 Å². The number of nitrogen functional groups attached to an aromatic ring is 1. The summed E-state index contributed by atoms with van der Waals surface area (Å²) in [5.74, 6) is -1.53. The molecule has 25 heavy (non-hydrogen) atoms. The summed E-state index contributed by atoms with van der Waals surface area (Å²) >= 11 is 0. The lowest BCUT2D eigenvalue weighted by molar-refractivity contribution is -0.0352. The SMILES string of the molecule is Nc1nc(NC2CC2)c2ncn(C[C@@H]3C[C@@H](P(=O)(O)O)O[C@@H]3F)c2n1. The van der Waals surface area contributed by atoms with E-state index in [1.807, 2.05) is 0 Å². The van der Waals surface area contributed by atoms with E-state index in [-0.39, 0.29) is 18.9 Å². The first-order valence-corrected chi connectivity index (χ1v) is 9.59. The average molecular weight is 372 g/mol. The van der Waals surface area contributed by atoms with Gasteiger partial charge in [-0.2, -0.15) is 9.97 Å². The molecule has 1 saturated heterocycles. The first kappa shape index (κ1) is 16.6. The van der Waals surface area contributed by atoms with Gasteiger partial charge in [0.25, 0.3) is 0 Å². The number of ether oxygens (including phenoxy) is 1. The van der Waals surface area contributed by atoms with Gasteiger partial charge in [0, 0.05) is 18.5 Å². The molecule has 0 aromatic carbocycles. The Balaban J connectivity index is 1.59. The lowest BCUT2D eigenvalue weighted by atomic mass is 10.1. The maximum absolute atomic E-state index is 14.0. The molecule has 2 fully saturated rings. The summed E-state index contributed by atoms with van der Waals surface area (Å²) in [7, 11) is -4.49. The Morgan fingerprint density at radius 3 is 2.84 bits per heavy atom. The van der Waals surface area contributed by atoms with E-state index in [1.165, 1.54) is 6.33 Å². The highest BCUT2D eigenvalue weighted by Crippen LogP contribution is 2.50. The van der Waals surface area contributed by atoms with Crippen molar-refractivity contribution in [2.24, 2.45) is 5.92 Å². The Kier molecular flexibility index (Phi) is 3.91. The van der Waals surface area contributed by atoms with Gasteiger partial charge in [-0.3, -0.25) is 4.57 Å². The molecule has 0 amide bonds. The normalized spacial score (nSPS) is 27.1. The molecular weight excluding hydrogens is 354 g/mol. The lowest BCUT2D eigenvalue weighted by Crippen LogP contribution is -2.17. The minimum atomic E-state index is -4.49. The summed E-state index contributed by atoms with van der Waals surface area (Å²) in [6, 6.07) is 0.352. The molecule has 0 radical (unpaired) electrons. The Morgan fingerprint density at radius 1 is 1.44 bits per heavy atom. The zero-order valence-electron chi connectivity index (χ0n) is 13.1. The maximum Gasteiger partial charge on any atom is 0.354 e. The number of rotatable bonds is 5. The number of imidazole rings is 1. The molecule has 2 aromatic rings. The van der Waals surface area contributed by atoms with Gasteiger partial charge in [0.2, 0.25) is 12.3 Å². The summed E-state index contributed by atoms with van der Waals surface area (Å²) in [6.45, 7) is 0.119. The zero-order valence-corrected chi connectivity index (χ0v) is 14.0. The molecule has 3 atom stereocenters. The summed E-state index contributed by atoms with van der Waals surface area (Å²) in [5, 5.41) is 3.23. The van der Waals surface area contributed by atoms with Crippen LogP contribution in [-0.2, 0) is 15.8 Å². The van der Waals surface area contributed by atoms with Gasteiger partial charge in [0.1, 0.15) is 0 Å². The lowest BCUT2D eigenvalue weighted by Gasteiger charge is -2.12. The Labute approximate surface area is 141 Å². The number of anilines is 2. The van der Waals surface area contributed by atoms with Crippen molar-refractivity contribution >= 4 is 30.5 Å². The van der Waals surface area contributed by atoms with Crippen molar-refractivity contribution in [3.05, 3.63) is 6.33 Å². The number of nitrogens with two attached hydrogens (primary N) is 1. The Bertz CT molecular complexity index is 852. The summed E-state index contributed by atoms with van der Waals surface area (Å²) in [4.78, 5) is 30.9. The standard InChI is InChI=1S/C13H18FN6O4P/c14-10-6(3-8(24-10)25(21,22)23)4-20-5-16-9-11(17-7-1-2-7)18-13(15)19-12(9)20/h5-8,10H,1-4H2,(H2,21,22,23)(H3,15,17,18,19)/t6-,8+,10-/m0/s1. The van der Waals surface area contributed by atoms with Crippen molar-refractivity contribution in [2.75, 3.05) is 11.1 Å². The number of nitrogens with one attached hydrogen (secondary N) is 1. The minimum absolute atomic E-state index is 0.0740. The molecule has 12 heteroatoms. The van der Waals surface area contributed by atoms with E-state index in [1.54, 1.807) is 4.57 Å². The van der Waals surface area contributed by atoms with E-state index in [0.717, 1.165) is 12.8 Å². The largest absolute Gasteiger partial charge is 0.368 e.